The van der Waals surface area contributed by atoms with E-state index in [0.717, 1.165) is 48.5 Å². The summed E-state index contributed by atoms with van der Waals surface area (Å²) in [5, 5.41) is 2.65. The number of nitrogens with zero attached hydrogens (tertiary/aromatic N) is 1. The fourth-order valence-corrected chi connectivity index (χ4v) is 4.77. The molecule has 4 rings (SSSR count). The van der Waals surface area contributed by atoms with Crippen LogP contribution < -0.4 is 4.74 Å². The van der Waals surface area contributed by atoms with E-state index in [-0.39, 0.29) is 5.91 Å². The third-order valence-electron chi connectivity index (χ3n) is 5.34. The molecule has 0 saturated carbocycles. The summed E-state index contributed by atoms with van der Waals surface area (Å²) in [7, 11) is 0. The first-order chi connectivity index (χ1) is 14.2. The van der Waals surface area contributed by atoms with Crippen LogP contribution >= 0.6 is 22.9 Å². The molecule has 3 aromatic rings. The summed E-state index contributed by atoms with van der Waals surface area (Å²) in [6.07, 6.45) is 3.24. The average Bonchev–Trinajstić information content (AvgIpc) is 3.22. The van der Waals surface area contributed by atoms with Crippen molar-refractivity contribution in [3.63, 3.8) is 0 Å². The van der Waals surface area contributed by atoms with Crippen molar-refractivity contribution in [1.82, 2.24) is 4.90 Å². The monoisotopic (exact) mass is 425 g/mol. The number of hydrogen-bond acceptors (Lipinski definition) is 3. The van der Waals surface area contributed by atoms with Gasteiger partial charge in [0.1, 0.15) is 12.4 Å². The van der Waals surface area contributed by atoms with Crippen molar-refractivity contribution in [1.29, 1.82) is 0 Å². The lowest BCUT2D eigenvalue weighted by atomic mass is 9.90. The van der Waals surface area contributed by atoms with E-state index >= 15 is 0 Å². The van der Waals surface area contributed by atoms with Gasteiger partial charge in [-0.3, -0.25) is 4.79 Å². The third kappa shape index (κ3) is 5.40. The molecule has 29 heavy (non-hydrogen) atoms. The summed E-state index contributed by atoms with van der Waals surface area (Å²) in [5.74, 6) is 1.53. The molecule has 0 spiro atoms. The number of piperidine rings is 1. The van der Waals surface area contributed by atoms with E-state index in [1.807, 2.05) is 34.5 Å². The summed E-state index contributed by atoms with van der Waals surface area (Å²) in [6, 6.07) is 19.9. The molecular weight excluding hydrogens is 402 g/mol. The van der Waals surface area contributed by atoms with Crippen LogP contribution in [0.3, 0.4) is 0 Å². The number of carbonyl (C=O) groups is 1. The molecule has 1 aliphatic rings. The number of likely N-dealkylation sites (tertiary alicyclic amines) is 1. The molecule has 2 heterocycles. The molecule has 0 bridgehead atoms. The Morgan fingerprint density at radius 2 is 1.83 bits per heavy atom. The number of ether oxygens (including phenoxy) is 1. The van der Waals surface area contributed by atoms with Gasteiger partial charge < -0.3 is 9.64 Å². The van der Waals surface area contributed by atoms with E-state index in [0.29, 0.717) is 17.5 Å². The van der Waals surface area contributed by atoms with Crippen LogP contribution in [0.5, 0.6) is 5.75 Å². The quantitative estimate of drug-likeness (QED) is 0.479. The Bertz CT molecular complexity index is 948. The first-order valence-corrected chi connectivity index (χ1v) is 11.2. The smallest absolute Gasteiger partial charge is 0.263 e. The molecule has 1 aliphatic heterocycles. The van der Waals surface area contributed by atoms with Gasteiger partial charge in [-0.05, 0) is 60.4 Å². The van der Waals surface area contributed by atoms with Gasteiger partial charge in [0, 0.05) is 23.7 Å². The van der Waals surface area contributed by atoms with Gasteiger partial charge in [-0.25, -0.2) is 0 Å². The maximum atomic E-state index is 12.9. The van der Waals surface area contributed by atoms with Crippen LogP contribution in [-0.2, 0) is 13.0 Å². The molecule has 1 saturated heterocycles. The molecule has 1 fully saturated rings. The number of rotatable bonds is 6. The Kier molecular flexibility index (Phi) is 6.53. The zero-order valence-electron chi connectivity index (χ0n) is 16.2. The predicted molar refractivity (Wildman–Crippen MR) is 119 cm³/mol. The molecule has 0 radical (unpaired) electrons. The van der Waals surface area contributed by atoms with Crippen molar-refractivity contribution in [2.24, 2.45) is 5.92 Å². The van der Waals surface area contributed by atoms with Gasteiger partial charge in [-0.15, -0.1) is 11.3 Å². The molecule has 3 nitrogen and oxygen atoms in total. The van der Waals surface area contributed by atoms with Crippen molar-refractivity contribution < 1.29 is 9.53 Å². The topological polar surface area (TPSA) is 29.5 Å². The van der Waals surface area contributed by atoms with Gasteiger partial charge in [0.25, 0.3) is 5.91 Å². The molecule has 0 atom stereocenters. The van der Waals surface area contributed by atoms with Crippen molar-refractivity contribution in [3.8, 4) is 5.75 Å². The second kappa shape index (κ2) is 9.47. The van der Waals surface area contributed by atoms with Crippen LogP contribution in [0, 0.1) is 5.92 Å². The maximum absolute atomic E-state index is 12.9. The van der Waals surface area contributed by atoms with Crippen molar-refractivity contribution in [3.05, 3.63) is 87.1 Å². The molecule has 1 amide bonds. The van der Waals surface area contributed by atoms with Gasteiger partial charge >= 0.3 is 0 Å². The van der Waals surface area contributed by atoms with Crippen LogP contribution in [0.1, 0.15) is 33.6 Å². The van der Waals surface area contributed by atoms with Gasteiger partial charge in [0.05, 0.1) is 4.88 Å². The van der Waals surface area contributed by atoms with Crippen LogP contribution in [0.15, 0.2) is 66.0 Å². The van der Waals surface area contributed by atoms with Gasteiger partial charge in [0.2, 0.25) is 0 Å². The fourth-order valence-electron chi connectivity index (χ4n) is 3.73. The molecule has 1 aromatic heterocycles. The van der Waals surface area contributed by atoms with Crippen molar-refractivity contribution >= 4 is 28.8 Å². The summed E-state index contributed by atoms with van der Waals surface area (Å²) in [4.78, 5) is 15.7. The summed E-state index contributed by atoms with van der Waals surface area (Å²) in [5.41, 5.74) is 2.40. The standard InChI is InChI=1S/C24H24ClNO2S/c25-21-7-4-8-22(15-21)28-16-20-14-23(29-17-20)24(27)26-11-9-19(10-12-26)13-18-5-2-1-3-6-18/h1-8,14-15,17,19H,9-13,16H2. The van der Waals surface area contributed by atoms with E-state index < -0.39 is 0 Å². The zero-order chi connectivity index (χ0) is 20.1. The van der Waals surface area contributed by atoms with E-state index in [1.165, 1.54) is 16.9 Å². The maximum Gasteiger partial charge on any atom is 0.263 e. The lowest BCUT2D eigenvalue weighted by Gasteiger charge is -2.31. The normalized spacial score (nSPS) is 14.7. The van der Waals surface area contributed by atoms with E-state index in [1.54, 1.807) is 6.07 Å². The van der Waals surface area contributed by atoms with Crippen molar-refractivity contribution in [2.45, 2.75) is 25.9 Å². The summed E-state index contributed by atoms with van der Waals surface area (Å²) in [6.45, 7) is 2.11. The highest BCUT2D eigenvalue weighted by Crippen LogP contribution is 2.25. The van der Waals surface area contributed by atoms with Crippen LogP contribution in [0.2, 0.25) is 5.02 Å². The number of thiophene rings is 1. The molecule has 0 aliphatic carbocycles. The number of benzene rings is 2. The van der Waals surface area contributed by atoms with E-state index in [2.05, 4.69) is 30.3 Å². The van der Waals surface area contributed by atoms with Gasteiger partial charge in [0.15, 0.2) is 0 Å². The van der Waals surface area contributed by atoms with Crippen LogP contribution in [-0.4, -0.2) is 23.9 Å². The lowest BCUT2D eigenvalue weighted by Crippen LogP contribution is -2.38. The summed E-state index contributed by atoms with van der Waals surface area (Å²) >= 11 is 7.48. The first kappa shape index (κ1) is 20.0. The predicted octanol–water partition coefficient (Wildman–Crippen LogP) is 6.08. The largest absolute Gasteiger partial charge is 0.489 e. The third-order valence-corrected chi connectivity index (χ3v) is 6.54. The highest BCUT2D eigenvalue weighted by atomic mass is 35.5. The minimum atomic E-state index is 0.141. The Balaban J connectivity index is 1.28. The van der Waals surface area contributed by atoms with Crippen molar-refractivity contribution in [2.75, 3.05) is 13.1 Å². The zero-order valence-corrected chi connectivity index (χ0v) is 17.8. The molecule has 5 heteroatoms. The Morgan fingerprint density at radius 1 is 1.03 bits per heavy atom. The number of carbonyl (C=O) groups excluding carboxylic acids is 1. The number of halogens is 1. The minimum absolute atomic E-state index is 0.141. The number of hydrogen-bond donors (Lipinski definition) is 0. The van der Waals surface area contributed by atoms with Gasteiger partial charge in [-0.2, -0.15) is 0 Å². The van der Waals surface area contributed by atoms with Gasteiger partial charge in [-0.1, -0.05) is 48.0 Å². The molecule has 0 unspecified atom stereocenters. The molecule has 150 valence electrons. The lowest BCUT2D eigenvalue weighted by molar-refractivity contribution is 0.0695. The minimum Gasteiger partial charge on any atom is -0.489 e. The SMILES string of the molecule is O=C(c1cc(COc2cccc(Cl)c2)cs1)N1CCC(Cc2ccccc2)CC1. The van der Waals surface area contributed by atoms with E-state index in [9.17, 15) is 4.79 Å². The van der Waals surface area contributed by atoms with Crippen LogP contribution in [0.25, 0.3) is 0 Å². The second-order valence-electron chi connectivity index (χ2n) is 7.49. The first-order valence-electron chi connectivity index (χ1n) is 9.96. The number of amides is 1. The highest BCUT2D eigenvalue weighted by molar-refractivity contribution is 7.12. The summed E-state index contributed by atoms with van der Waals surface area (Å²) < 4.78 is 5.78. The molecule has 2 aromatic carbocycles. The Labute approximate surface area is 180 Å². The molecule has 0 N–H and O–H groups in total. The fraction of sp³-hybridized carbons (Fsp3) is 0.292. The Hall–Kier alpha value is -2.30. The highest BCUT2D eigenvalue weighted by Gasteiger charge is 2.24. The van der Waals surface area contributed by atoms with E-state index in [4.69, 9.17) is 16.3 Å². The Morgan fingerprint density at radius 3 is 2.59 bits per heavy atom. The second-order valence-corrected chi connectivity index (χ2v) is 8.84. The average molecular weight is 426 g/mol. The van der Waals surface area contributed by atoms with Crippen LogP contribution in [0.4, 0.5) is 0 Å². The molecular formula is C24H24ClNO2S.